The lowest BCUT2D eigenvalue weighted by molar-refractivity contribution is -0.161. The molecule has 0 aromatic rings. The number of unbranched alkanes of at least 4 members (excludes halogenated alkanes) is 40. The summed E-state index contributed by atoms with van der Waals surface area (Å²) in [5.74, 6) is -2.22. The summed E-state index contributed by atoms with van der Waals surface area (Å²) in [5, 5.41) is 10.6. The van der Waals surface area contributed by atoms with Crippen molar-refractivity contribution in [3.8, 4) is 0 Å². The van der Waals surface area contributed by atoms with Gasteiger partial charge in [-0.25, -0.2) is 9.13 Å². The maximum Gasteiger partial charge on any atom is 0.472 e. The van der Waals surface area contributed by atoms with E-state index in [0.29, 0.717) is 32.1 Å². The van der Waals surface area contributed by atoms with E-state index in [1.165, 1.54) is 173 Å². The van der Waals surface area contributed by atoms with Crippen LogP contribution >= 0.6 is 15.6 Å². The van der Waals surface area contributed by atoms with Crippen LogP contribution in [0.4, 0.5) is 0 Å². The maximum absolute atomic E-state index is 13.1. The summed E-state index contributed by atoms with van der Waals surface area (Å²) in [5.41, 5.74) is 0. The Balaban J connectivity index is 5.37. The topological polar surface area (TPSA) is 237 Å². The lowest BCUT2D eigenvalue weighted by atomic mass is 10.0. The van der Waals surface area contributed by atoms with Gasteiger partial charge in [0.1, 0.15) is 19.3 Å². The Morgan fingerprint density at radius 2 is 0.490 bits per heavy atom. The molecule has 0 spiro atoms. The van der Waals surface area contributed by atoms with Crippen LogP contribution in [-0.4, -0.2) is 96.7 Å². The molecule has 0 saturated carbocycles. The summed E-state index contributed by atoms with van der Waals surface area (Å²) in [6, 6.07) is 0. The Labute approximate surface area is 622 Å². The molecule has 3 N–H and O–H groups in total. The number of rotatable bonds is 78. The Kier molecular flexibility index (Phi) is 73.1. The van der Waals surface area contributed by atoms with Gasteiger partial charge in [0.15, 0.2) is 12.2 Å². The molecule has 5 atom stereocenters. The van der Waals surface area contributed by atoms with Crippen LogP contribution in [-0.2, 0) is 65.4 Å². The number of aliphatic hydroxyl groups is 1. The van der Waals surface area contributed by atoms with Crippen LogP contribution in [0.3, 0.4) is 0 Å². The molecule has 0 amide bonds. The predicted octanol–water partition coefficient (Wildman–Crippen LogP) is 24.0. The van der Waals surface area contributed by atoms with E-state index in [1.807, 2.05) is 12.2 Å². The summed E-state index contributed by atoms with van der Waals surface area (Å²) < 4.78 is 68.6. The monoisotopic (exact) mass is 1480 g/mol. The number of hydrogen-bond donors (Lipinski definition) is 3. The number of phosphoric acid groups is 2. The highest BCUT2D eigenvalue weighted by molar-refractivity contribution is 7.47. The molecule has 0 aliphatic carbocycles. The third-order valence-electron chi connectivity index (χ3n) is 17.7. The average molecular weight is 1480 g/mol. The molecule has 0 aliphatic heterocycles. The number of allylic oxidation sites excluding steroid dienone is 12. The SMILES string of the molecule is CCCCC/C=C\C/C=C\C/C=C\C/C=C\CCCC(=O)O[C@H](COC(=O)CCCCCCC/C=C\C/C=C\CCCCC)COP(=O)(O)OC[C@@H](O)COP(=O)(O)OC[C@@H](COC(=O)CCCCCCCCCCCCCCCCCCC)OC(=O)CCCCCCCCCCCCCCC. The Hall–Kier alpha value is -3.50. The summed E-state index contributed by atoms with van der Waals surface area (Å²) in [4.78, 5) is 73.0. The van der Waals surface area contributed by atoms with Gasteiger partial charge in [-0.05, 0) is 96.3 Å². The Morgan fingerprint density at radius 1 is 0.275 bits per heavy atom. The number of ether oxygens (including phenoxy) is 4. The molecule has 0 aromatic heterocycles. The van der Waals surface area contributed by atoms with Crippen molar-refractivity contribution in [3.63, 3.8) is 0 Å². The molecular formula is C83H150O17P2. The van der Waals surface area contributed by atoms with E-state index in [4.69, 9.17) is 37.0 Å². The minimum Gasteiger partial charge on any atom is -0.462 e. The third-order valence-corrected chi connectivity index (χ3v) is 19.6. The van der Waals surface area contributed by atoms with Gasteiger partial charge in [-0.1, -0.05) is 325 Å². The molecule has 0 bridgehead atoms. The summed E-state index contributed by atoms with van der Waals surface area (Å²) in [6.07, 6.45) is 77.4. The first-order chi connectivity index (χ1) is 49.7. The number of hydrogen-bond acceptors (Lipinski definition) is 15. The van der Waals surface area contributed by atoms with Crippen molar-refractivity contribution in [1.82, 2.24) is 0 Å². The van der Waals surface area contributed by atoms with E-state index >= 15 is 0 Å². The van der Waals surface area contributed by atoms with Crippen LogP contribution in [0.25, 0.3) is 0 Å². The van der Waals surface area contributed by atoms with Gasteiger partial charge in [0.2, 0.25) is 0 Å². The highest BCUT2D eigenvalue weighted by Gasteiger charge is 2.30. The molecule has 2 unspecified atom stereocenters. The molecule has 19 heteroatoms. The van der Waals surface area contributed by atoms with Crippen LogP contribution in [0.15, 0.2) is 72.9 Å². The van der Waals surface area contributed by atoms with Gasteiger partial charge >= 0.3 is 39.5 Å². The normalized spacial score (nSPS) is 14.2. The molecule has 0 aromatic carbocycles. The van der Waals surface area contributed by atoms with Crippen LogP contribution < -0.4 is 0 Å². The van der Waals surface area contributed by atoms with Crippen LogP contribution in [0, 0.1) is 0 Å². The number of phosphoric ester groups is 2. The zero-order valence-corrected chi connectivity index (χ0v) is 66.8. The molecule has 0 heterocycles. The maximum atomic E-state index is 13.1. The van der Waals surface area contributed by atoms with Gasteiger partial charge < -0.3 is 33.8 Å². The summed E-state index contributed by atoms with van der Waals surface area (Å²) in [6.45, 7) is 4.82. The lowest BCUT2D eigenvalue weighted by Gasteiger charge is -2.21. The fraction of sp³-hybridized carbons (Fsp3) is 0.807. The zero-order valence-electron chi connectivity index (χ0n) is 65.0. The van der Waals surface area contributed by atoms with Gasteiger partial charge in [0.25, 0.3) is 0 Å². The fourth-order valence-electron chi connectivity index (χ4n) is 11.4. The Bertz CT molecular complexity index is 2210. The molecule has 17 nitrogen and oxygen atoms in total. The third kappa shape index (κ3) is 74.8. The molecule has 0 aliphatic rings. The van der Waals surface area contributed by atoms with Gasteiger partial charge in [0, 0.05) is 25.7 Å². The number of carbonyl (C=O) groups is 4. The van der Waals surface area contributed by atoms with Crippen molar-refractivity contribution in [2.45, 2.75) is 393 Å². The van der Waals surface area contributed by atoms with Crippen molar-refractivity contribution < 1.29 is 80.2 Å². The van der Waals surface area contributed by atoms with Gasteiger partial charge in [-0.3, -0.25) is 37.3 Å². The zero-order chi connectivity index (χ0) is 74.6. The standard InChI is InChI=1S/C83H150O17P2/c1-5-9-13-17-21-25-29-33-36-38-41-45-48-52-56-60-64-68-81(86)94-73-78(99-82(87)69-65-61-57-53-49-43-32-28-24-20-16-12-8-4)75-97-101(89,90)95-71-77(84)72-96-102(91,92)98-76-79(74-93-80(85)67-63-59-55-51-47-44-40-35-31-27-23-19-15-11-7-3)100-83(88)70-66-62-58-54-50-46-42-39-37-34-30-26-22-18-14-10-6-2/h22-23,26-27,34-35,37,40,42,46,54,58,77-79,84H,5-21,24-25,28-33,36,38-39,41,43-45,47-53,55-57,59-76H2,1-4H3,(H,89,90)(H,91,92)/b26-22-,27-23-,37-34-,40-35-,46-42-,58-54-/t77-,78+,79+/m0/s1. The second-order valence-corrected chi connectivity index (χ2v) is 30.6. The van der Waals surface area contributed by atoms with Gasteiger partial charge in [-0.2, -0.15) is 0 Å². The van der Waals surface area contributed by atoms with Crippen molar-refractivity contribution >= 4 is 39.5 Å². The highest BCUT2D eigenvalue weighted by Crippen LogP contribution is 2.45. The second-order valence-electron chi connectivity index (χ2n) is 27.7. The van der Waals surface area contributed by atoms with Crippen LogP contribution in [0.1, 0.15) is 374 Å². The average Bonchev–Trinajstić information content (AvgIpc) is 0.907. The first kappa shape index (κ1) is 98.5. The molecule has 594 valence electrons. The van der Waals surface area contributed by atoms with E-state index in [-0.39, 0.29) is 25.7 Å². The number of aliphatic hydroxyl groups excluding tert-OH is 1. The van der Waals surface area contributed by atoms with Gasteiger partial charge in [-0.15, -0.1) is 0 Å². The van der Waals surface area contributed by atoms with E-state index in [1.54, 1.807) is 0 Å². The minimum atomic E-state index is -4.99. The second kappa shape index (κ2) is 75.7. The largest absolute Gasteiger partial charge is 0.472 e. The first-order valence-electron chi connectivity index (χ1n) is 41.2. The van der Waals surface area contributed by atoms with Crippen LogP contribution in [0.5, 0.6) is 0 Å². The number of carbonyl (C=O) groups excluding carboxylic acids is 4. The highest BCUT2D eigenvalue weighted by atomic mass is 31.2. The molecule has 0 rings (SSSR count). The summed E-state index contributed by atoms with van der Waals surface area (Å²) in [7, 11) is -9.96. The molecule has 0 fully saturated rings. The first-order valence-corrected chi connectivity index (χ1v) is 44.2. The smallest absolute Gasteiger partial charge is 0.462 e. The minimum absolute atomic E-state index is 0.0186. The molecule has 102 heavy (non-hydrogen) atoms. The van der Waals surface area contributed by atoms with E-state index in [9.17, 15) is 43.2 Å². The molecular weight excluding hydrogens is 1330 g/mol. The van der Waals surface area contributed by atoms with Crippen molar-refractivity contribution in [3.05, 3.63) is 72.9 Å². The molecule has 0 radical (unpaired) electrons. The van der Waals surface area contributed by atoms with Crippen LogP contribution in [0.2, 0.25) is 0 Å². The van der Waals surface area contributed by atoms with Crippen molar-refractivity contribution in [1.29, 1.82) is 0 Å². The number of esters is 4. The van der Waals surface area contributed by atoms with Crippen molar-refractivity contribution in [2.24, 2.45) is 0 Å². The van der Waals surface area contributed by atoms with E-state index in [2.05, 4.69) is 88.5 Å². The van der Waals surface area contributed by atoms with E-state index in [0.717, 1.165) is 116 Å². The molecule has 0 saturated heterocycles. The van der Waals surface area contributed by atoms with E-state index < -0.39 is 97.5 Å². The van der Waals surface area contributed by atoms with Gasteiger partial charge in [0.05, 0.1) is 26.4 Å². The Morgan fingerprint density at radius 3 is 0.794 bits per heavy atom. The fourth-order valence-corrected chi connectivity index (χ4v) is 12.9. The predicted molar refractivity (Wildman–Crippen MR) is 418 cm³/mol. The lowest BCUT2D eigenvalue weighted by Crippen LogP contribution is -2.30. The quantitative estimate of drug-likeness (QED) is 0.0169. The van der Waals surface area contributed by atoms with Crippen molar-refractivity contribution in [2.75, 3.05) is 39.6 Å². The summed E-state index contributed by atoms with van der Waals surface area (Å²) >= 11 is 0.